The minimum atomic E-state index is 1.09. The van der Waals surface area contributed by atoms with Gasteiger partial charge in [0.05, 0.1) is 88.9 Å². The molecule has 0 aliphatic heterocycles. The maximum atomic E-state index is 2.68. The third-order valence-electron chi connectivity index (χ3n) is 30.9. The second-order valence-electron chi connectivity index (χ2n) is 39.2. The van der Waals surface area contributed by atoms with Crippen molar-refractivity contribution in [2.24, 2.45) is 0 Å². The largest absolute Gasteiger partial charge is 0.310 e. The molecular formula is C136H90N8. The summed E-state index contributed by atoms with van der Waals surface area (Å²) >= 11 is 0. The second kappa shape index (κ2) is 31.4. The molecule has 30 aromatic rings. The third kappa shape index (κ3) is 11.7. The van der Waals surface area contributed by atoms with Gasteiger partial charge in [0.2, 0.25) is 0 Å². The number of hydrogen-bond donors (Lipinski definition) is 0. The highest BCUT2D eigenvalue weighted by Crippen LogP contribution is 2.62. The van der Waals surface area contributed by atoms with Crippen LogP contribution in [0.3, 0.4) is 0 Å². The van der Waals surface area contributed by atoms with Crippen molar-refractivity contribution in [1.29, 1.82) is 0 Å². The summed E-state index contributed by atoms with van der Waals surface area (Å²) < 4.78 is 10.7. The van der Waals surface area contributed by atoms with Crippen molar-refractivity contribution in [1.82, 2.24) is 17.6 Å². The van der Waals surface area contributed by atoms with Gasteiger partial charge in [0, 0.05) is 154 Å². The minimum absolute atomic E-state index is 1.09. The fraction of sp³-hybridized carbons (Fsp3) is 0.0294. The van der Waals surface area contributed by atoms with Crippen LogP contribution in [0.15, 0.2) is 473 Å². The van der Waals surface area contributed by atoms with E-state index in [1.54, 1.807) is 0 Å². The lowest BCUT2D eigenvalue weighted by molar-refractivity contribution is 1.28. The molecule has 0 saturated carbocycles. The Kier molecular flexibility index (Phi) is 17.7. The first-order chi connectivity index (χ1) is 71.2. The van der Waals surface area contributed by atoms with Gasteiger partial charge in [-0.2, -0.15) is 0 Å². The van der Waals surface area contributed by atoms with Crippen molar-refractivity contribution in [3.05, 3.63) is 495 Å². The average Bonchev–Trinajstić information content (AvgIpc) is 1.49. The van der Waals surface area contributed by atoms with Crippen LogP contribution >= 0.6 is 0 Å². The van der Waals surface area contributed by atoms with Gasteiger partial charge in [-0.25, -0.2) is 0 Å². The smallest absolute Gasteiger partial charge is 0.0642 e. The summed E-state index contributed by atoms with van der Waals surface area (Å²) in [6, 6.07) is 178. The zero-order valence-corrected chi connectivity index (χ0v) is 79.6. The lowest BCUT2D eigenvalue weighted by Gasteiger charge is -2.27. The van der Waals surface area contributed by atoms with Gasteiger partial charge in [-0.3, -0.25) is 0 Å². The first kappa shape index (κ1) is 81.3. The van der Waals surface area contributed by atoms with Crippen LogP contribution in [0.5, 0.6) is 0 Å². The number of benzene rings is 22. The lowest BCUT2D eigenvalue weighted by atomic mass is 9.87. The van der Waals surface area contributed by atoms with E-state index in [-0.39, 0.29) is 0 Å². The molecule has 8 heterocycles. The van der Waals surface area contributed by atoms with Gasteiger partial charge < -0.3 is 37.2 Å². The highest BCUT2D eigenvalue weighted by Gasteiger charge is 2.38. The van der Waals surface area contributed by atoms with Crippen molar-refractivity contribution in [3.63, 3.8) is 0 Å². The summed E-state index contributed by atoms with van der Waals surface area (Å²) in [7, 11) is 0. The molecule has 0 aliphatic rings. The molecule has 8 heteroatoms. The number of para-hydroxylation sites is 8. The Labute approximate surface area is 830 Å². The zero-order valence-electron chi connectivity index (χ0n) is 79.6. The molecule has 0 N–H and O–H groups in total. The van der Waals surface area contributed by atoms with Crippen LogP contribution in [0.1, 0.15) is 22.3 Å². The van der Waals surface area contributed by atoms with E-state index in [1.165, 1.54) is 164 Å². The molecule has 0 aliphatic carbocycles. The molecule has 0 unspecified atom stereocenters. The predicted octanol–water partition coefficient (Wildman–Crippen LogP) is 37.7. The molecule has 30 rings (SSSR count). The number of aromatic nitrogens is 4. The second-order valence-corrected chi connectivity index (χ2v) is 39.2. The van der Waals surface area contributed by atoms with Gasteiger partial charge in [-0.05, 0) is 224 Å². The van der Waals surface area contributed by atoms with E-state index >= 15 is 0 Å². The van der Waals surface area contributed by atoms with Crippen LogP contribution in [0, 0.1) is 27.7 Å². The van der Waals surface area contributed by atoms with Gasteiger partial charge in [0.25, 0.3) is 0 Å². The number of hydrogen-bond acceptors (Lipinski definition) is 4. The molecule has 144 heavy (non-hydrogen) atoms. The van der Waals surface area contributed by atoms with Crippen LogP contribution in [0.4, 0.5) is 68.2 Å². The van der Waals surface area contributed by atoms with Crippen molar-refractivity contribution < 1.29 is 0 Å². The van der Waals surface area contributed by atoms with Crippen LogP contribution in [0.25, 0.3) is 208 Å². The van der Waals surface area contributed by atoms with E-state index in [9.17, 15) is 0 Å². The van der Waals surface area contributed by atoms with Crippen LogP contribution in [-0.4, -0.2) is 17.6 Å². The Morgan fingerprint density at radius 3 is 0.688 bits per heavy atom. The average molecular weight is 1840 g/mol. The molecule has 0 bridgehead atoms. The highest BCUT2D eigenvalue weighted by atomic mass is 15.2. The minimum Gasteiger partial charge on any atom is -0.310 e. The maximum absolute atomic E-state index is 2.68. The van der Waals surface area contributed by atoms with Gasteiger partial charge >= 0.3 is 0 Å². The van der Waals surface area contributed by atoms with Crippen molar-refractivity contribution >= 4 is 221 Å². The van der Waals surface area contributed by atoms with Crippen LogP contribution in [0.2, 0.25) is 0 Å². The lowest BCUT2D eigenvalue weighted by Crippen LogP contribution is -2.10. The van der Waals surface area contributed by atoms with Crippen molar-refractivity contribution in [2.45, 2.75) is 27.7 Å². The Morgan fingerprint density at radius 2 is 0.375 bits per heavy atom. The summed E-state index contributed by atoms with van der Waals surface area (Å²) in [5.41, 5.74) is 43.3. The van der Waals surface area contributed by atoms with E-state index in [0.29, 0.717) is 0 Å². The molecule has 0 saturated heterocycles. The summed E-state index contributed by atoms with van der Waals surface area (Å²) in [5, 5.41) is 19.0. The number of aryl methyl sites for hydroxylation is 4. The van der Waals surface area contributed by atoms with Gasteiger partial charge in [0.1, 0.15) is 0 Å². The Balaban J connectivity index is 0.717. The van der Waals surface area contributed by atoms with E-state index in [2.05, 4.69) is 538 Å². The van der Waals surface area contributed by atoms with Crippen molar-refractivity contribution in [3.8, 4) is 55.6 Å². The Morgan fingerprint density at radius 1 is 0.139 bits per heavy atom. The standard InChI is InChI=1S/C136H90N8/c1-83-60-68-97(69-61-83)137(93-42-15-7-16-43-93)113-76-72-105-125-117(88-36-11-5-12-37-88)133-127(107-73-77-114(122-101-52-23-27-56-109(101)141(133)130(107)122)138(94-44-17-8-18-45-94)98-70-62-84(2)63-71-98)119(135(125)143-110-57-28-24-53-102(110)121(113)129(105)143)90-66-64-87(65-67-90)91-40-33-41-92(82-91)120-128-108-75-79-116(140(96-48-21-10-22-49-96)100-51-32-35-86(4)81-100)124-103-54-25-29-58-111(103)142(132(108)124)134(128)118(89-38-13-6-14-39-89)126-106-74-78-115(123-104-55-26-30-59-112(104)144(131(106)123)136(120)126)139(95-46-19-9-20-47-95)99-50-31-34-85(3)80-99/h5-82H,1-4H3. The van der Waals surface area contributed by atoms with Crippen LogP contribution in [-0.2, 0) is 0 Å². The first-order valence-electron chi connectivity index (χ1n) is 50.0. The van der Waals surface area contributed by atoms with Crippen molar-refractivity contribution in [2.75, 3.05) is 19.6 Å². The summed E-state index contributed by atoms with van der Waals surface area (Å²) in [4.78, 5) is 9.92. The summed E-state index contributed by atoms with van der Waals surface area (Å²) in [5.74, 6) is 0. The monoisotopic (exact) mass is 1830 g/mol. The molecule has 0 fully saturated rings. The first-order valence-corrected chi connectivity index (χ1v) is 50.0. The van der Waals surface area contributed by atoms with E-state index < -0.39 is 0 Å². The van der Waals surface area contributed by atoms with E-state index in [4.69, 9.17) is 0 Å². The quantitative estimate of drug-likeness (QED) is 0.0909. The topological polar surface area (TPSA) is 30.6 Å². The Bertz CT molecular complexity index is 10200. The highest BCUT2D eigenvalue weighted by molar-refractivity contribution is 6.43. The fourth-order valence-electron chi connectivity index (χ4n) is 25.1. The summed E-state index contributed by atoms with van der Waals surface area (Å²) in [6.07, 6.45) is 0. The molecule has 8 nitrogen and oxygen atoms in total. The molecule has 8 aromatic heterocycles. The van der Waals surface area contributed by atoms with Gasteiger partial charge in [-0.1, -0.05) is 333 Å². The molecular weight excluding hydrogens is 1750 g/mol. The van der Waals surface area contributed by atoms with E-state index in [1.807, 2.05) is 0 Å². The van der Waals surface area contributed by atoms with Crippen LogP contribution < -0.4 is 19.6 Å². The fourth-order valence-corrected chi connectivity index (χ4v) is 25.1. The van der Waals surface area contributed by atoms with Gasteiger partial charge in [0.15, 0.2) is 0 Å². The number of rotatable bonds is 17. The SMILES string of the molecule is Cc1ccc(N(c2ccccc2)c2ccc3c4c(-c5ccc(-c6cccc(-c7c8c9ccc(N(c%10ccccc%10)c%10cccc(C)c%10)c%10c%11ccccc%11n(c8c(-c8ccccc8)c8c%11ccc(N(c%12ccccc%12)c%12cccc(C)c%12)c%12c%13ccccc%13n(c78)c%11%12)c9%10)c6)cc5)c5c(c(-c6ccccc6)c4n4c6ccccc6c2c34)c2ccc(N(c3ccccc3)c3ccc(C)cc3)c3c4ccccc4n5c23)cc1. The Hall–Kier alpha value is -18.8. The number of anilines is 12. The molecule has 0 radical (unpaired) electrons. The molecule has 22 aromatic carbocycles. The molecule has 0 amide bonds. The zero-order chi connectivity index (χ0) is 95.0. The number of fused-ring (bicyclic) bond motifs is 24. The van der Waals surface area contributed by atoms with E-state index in [0.717, 1.165) is 135 Å². The normalized spacial score (nSPS) is 12.2. The molecule has 674 valence electrons. The maximum Gasteiger partial charge on any atom is 0.0642 e. The third-order valence-corrected chi connectivity index (χ3v) is 30.9. The predicted molar refractivity (Wildman–Crippen MR) is 610 cm³/mol. The number of nitrogens with zero attached hydrogens (tertiary/aromatic N) is 8. The summed E-state index contributed by atoms with van der Waals surface area (Å²) in [6.45, 7) is 8.76. The molecule has 0 spiro atoms. The van der Waals surface area contributed by atoms with Gasteiger partial charge in [-0.15, -0.1) is 0 Å². The molecule has 0 atom stereocenters.